The highest BCUT2D eigenvalue weighted by Gasteiger charge is 2.19. The van der Waals surface area contributed by atoms with Gasteiger partial charge in [0, 0.05) is 5.38 Å². The van der Waals surface area contributed by atoms with Crippen molar-refractivity contribution >= 4 is 11.3 Å². The lowest BCUT2D eigenvalue weighted by Gasteiger charge is -2.21. The van der Waals surface area contributed by atoms with Crippen LogP contribution in [-0.4, -0.2) is 24.8 Å². The minimum Gasteiger partial charge on any atom is -0.376 e. The van der Waals surface area contributed by atoms with Crippen LogP contribution in [0.3, 0.4) is 0 Å². The van der Waals surface area contributed by atoms with Crippen molar-refractivity contribution in [2.24, 2.45) is 0 Å². The van der Waals surface area contributed by atoms with Crippen LogP contribution in [0.4, 0.5) is 0 Å². The number of hydrogen-bond acceptors (Lipinski definition) is 4. The molecule has 3 nitrogen and oxygen atoms in total. The van der Waals surface area contributed by atoms with Gasteiger partial charge in [-0.1, -0.05) is 30.3 Å². The molecule has 1 atom stereocenters. The van der Waals surface area contributed by atoms with Crippen molar-refractivity contribution < 1.29 is 9.47 Å². The minimum absolute atomic E-state index is 0.0304. The Bertz CT molecular complexity index is 520. The largest absolute Gasteiger partial charge is 0.376 e. The van der Waals surface area contributed by atoms with E-state index in [0.717, 1.165) is 25.0 Å². The molecule has 106 valence electrons. The second-order valence-electron chi connectivity index (χ2n) is 4.94. The quantitative estimate of drug-likeness (QED) is 0.845. The summed E-state index contributed by atoms with van der Waals surface area (Å²) in [6.45, 7) is 2.00. The maximum Gasteiger partial charge on any atom is 0.124 e. The highest BCUT2D eigenvalue weighted by Crippen LogP contribution is 2.23. The molecule has 2 aromatic rings. The standard InChI is InChI=1S/C16H19NO2S/c1-2-5-13(6-3-1)7-4-8-16-17-14(12-20-16)15-11-18-9-10-19-15/h1-3,5-6,12,15H,4,7-11H2. The first kappa shape index (κ1) is 13.7. The van der Waals surface area contributed by atoms with Crippen LogP contribution in [0.2, 0.25) is 0 Å². The molecule has 1 aromatic heterocycles. The SMILES string of the molecule is c1ccc(CCCc2nc(C3COCCO3)cs2)cc1. The van der Waals surface area contributed by atoms with E-state index < -0.39 is 0 Å². The first-order valence-electron chi connectivity index (χ1n) is 7.09. The van der Waals surface area contributed by atoms with Gasteiger partial charge in [-0.15, -0.1) is 11.3 Å². The van der Waals surface area contributed by atoms with Crippen LogP contribution in [0.5, 0.6) is 0 Å². The third-order valence-corrected chi connectivity index (χ3v) is 4.34. The zero-order chi connectivity index (χ0) is 13.6. The van der Waals surface area contributed by atoms with E-state index in [0.29, 0.717) is 19.8 Å². The maximum absolute atomic E-state index is 5.67. The number of benzene rings is 1. The molecule has 0 saturated carbocycles. The van der Waals surface area contributed by atoms with E-state index in [1.807, 2.05) is 0 Å². The Hall–Kier alpha value is -1.23. The molecule has 1 fully saturated rings. The zero-order valence-corrected chi connectivity index (χ0v) is 12.3. The molecule has 0 bridgehead atoms. The number of hydrogen-bond donors (Lipinski definition) is 0. The van der Waals surface area contributed by atoms with Crippen LogP contribution in [0.15, 0.2) is 35.7 Å². The van der Waals surface area contributed by atoms with Gasteiger partial charge in [0.1, 0.15) is 6.10 Å². The normalized spacial score (nSPS) is 19.1. The van der Waals surface area contributed by atoms with Crippen molar-refractivity contribution in [3.05, 3.63) is 52.0 Å². The molecule has 3 rings (SSSR count). The third kappa shape index (κ3) is 3.66. The summed E-state index contributed by atoms with van der Waals surface area (Å²) in [6, 6.07) is 10.6. The van der Waals surface area contributed by atoms with E-state index in [9.17, 15) is 0 Å². The Kier molecular flexibility index (Phi) is 4.79. The number of aromatic nitrogens is 1. The molecule has 0 radical (unpaired) electrons. The van der Waals surface area contributed by atoms with Gasteiger partial charge in [-0.25, -0.2) is 4.98 Å². The van der Waals surface area contributed by atoms with Crippen LogP contribution >= 0.6 is 11.3 Å². The molecule has 4 heteroatoms. The monoisotopic (exact) mass is 289 g/mol. The fourth-order valence-electron chi connectivity index (χ4n) is 2.33. The molecule has 1 unspecified atom stereocenters. The number of nitrogens with zero attached hydrogens (tertiary/aromatic N) is 1. The fraction of sp³-hybridized carbons (Fsp3) is 0.438. The summed E-state index contributed by atoms with van der Waals surface area (Å²) < 4.78 is 11.1. The topological polar surface area (TPSA) is 31.4 Å². The molecule has 1 aliphatic heterocycles. The number of aryl methyl sites for hydroxylation is 2. The minimum atomic E-state index is 0.0304. The molecule has 1 aromatic carbocycles. The lowest BCUT2D eigenvalue weighted by Crippen LogP contribution is -2.22. The van der Waals surface area contributed by atoms with E-state index in [2.05, 4.69) is 40.7 Å². The van der Waals surface area contributed by atoms with E-state index in [4.69, 9.17) is 9.47 Å². The summed E-state index contributed by atoms with van der Waals surface area (Å²) in [5, 5.41) is 3.31. The fourth-order valence-corrected chi connectivity index (χ4v) is 3.22. The Morgan fingerprint density at radius 1 is 1.15 bits per heavy atom. The van der Waals surface area contributed by atoms with Gasteiger partial charge in [-0.2, -0.15) is 0 Å². The zero-order valence-electron chi connectivity index (χ0n) is 11.5. The van der Waals surface area contributed by atoms with Gasteiger partial charge in [0.2, 0.25) is 0 Å². The first-order valence-corrected chi connectivity index (χ1v) is 7.97. The van der Waals surface area contributed by atoms with Crippen LogP contribution < -0.4 is 0 Å². The van der Waals surface area contributed by atoms with E-state index in [1.54, 1.807) is 11.3 Å². The first-order chi connectivity index (χ1) is 9.92. The second-order valence-corrected chi connectivity index (χ2v) is 5.88. The summed E-state index contributed by atoms with van der Waals surface area (Å²) in [7, 11) is 0. The molecule has 1 saturated heterocycles. The summed E-state index contributed by atoms with van der Waals surface area (Å²) >= 11 is 1.73. The van der Waals surface area contributed by atoms with Crippen molar-refractivity contribution in [1.29, 1.82) is 0 Å². The predicted molar refractivity (Wildman–Crippen MR) is 80.1 cm³/mol. The highest BCUT2D eigenvalue weighted by atomic mass is 32.1. The van der Waals surface area contributed by atoms with Crippen LogP contribution in [0.25, 0.3) is 0 Å². The predicted octanol–water partition coefficient (Wildman–Crippen LogP) is 3.41. The van der Waals surface area contributed by atoms with Gasteiger partial charge in [0.15, 0.2) is 0 Å². The molecule has 1 aliphatic rings. The molecule has 0 amide bonds. The molecule has 0 aliphatic carbocycles. The smallest absolute Gasteiger partial charge is 0.124 e. The van der Waals surface area contributed by atoms with Gasteiger partial charge in [-0.05, 0) is 24.8 Å². The van der Waals surface area contributed by atoms with Gasteiger partial charge in [0.05, 0.1) is 30.5 Å². The van der Waals surface area contributed by atoms with Gasteiger partial charge >= 0.3 is 0 Å². The molecule has 2 heterocycles. The summed E-state index contributed by atoms with van der Waals surface area (Å²) in [6.07, 6.45) is 3.31. The summed E-state index contributed by atoms with van der Waals surface area (Å²) in [4.78, 5) is 4.68. The molecule has 0 N–H and O–H groups in total. The lowest BCUT2D eigenvalue weighted by atomic mass is 10.1. The van der Waals surface area contributed by atoms with Crippen LogP contribution in [0.1, 0.15) is 28.8 Å². The van der Waals surface area contributed by atoms with Crippen molar-refractivity contribution in [3.8, 4) is 0 Å². The Balaban J connectivity index is 1.50. The number of rotatable bonds is 5. The average Bonchev–Trinajstić information content (AvgIpc) is 2.98. The van der Waals surface area contributed by atoms with Gasteiger partial charge < -0.3 is 9.47 Å². The molecular weight excluding hydrogens is 270 g/mol. The molecule has 20 heavy (non-hydrogen) atoms. The third-order valence-electron chi connectivity index (χ3n) is 3.41. The van der Waals surface area contributed by atoms with Crippen molar-refractivity contribution in [2.45, 2.75) is 25.4 Å². The Labute approximate surface area is 123 Å². The summed E-state index contributed by atoms with van der Waals surface area (Å²) in [5.74, 6) is 0. The van der Waals surface area contributed by atoms with Crippen LogP contribution in [0, 0.1) is 0 Å². The maximum atomic E-state index is 5.67. The van der Waals surface area contributed by atoms with E-state index in [1.165, 1.54) is 10.6 Å². The Morgan fingerprint density at radius 3 is 2.85 bits per heavy atom. The average molecular weight is 289 g/mol. The Morgan fingerprint density at radius 2 is 2.05 bits per heavy atom. The number of thiazole rings is 1. The van der Waals surface area contributed by atoms with Crippen molar-refractivity contribution in [2.75, 3.05) is 19.8 Å². The molecule has 0 spiro atoms. The lowest BCUT2D eigenvalue weighted by molar-refractivity contribution is -0.0916. The number of ether oxygens (including phenoxy) is 2. The highest BCUT2D eigenvalue weighted by molar-refractivity contribution is 7.09. The van der Waals surface area contributed by atoms with Gasteiger partial charge in [0.25, 0.3) is 0 Å². The molecular formula is C16H19NO2S. The van der Waals surface area contributed by atoms with E-state index >= 15 is 0 Å². The summed E-state index contributed by atoms with van der Waals surface area (Å²) in [5.41, 5.74) is 2.43. The van der Waals surface area contributed by atoms with Gasteiger partial charge in [-0.3, -0.25) is 0 Å². The van der Waals surface area contributed by atoms with Crippen LogP contribution in [-0.2, 0) is 22.3 Å². The second kappa shape index (κ2) is 6.97. The van der Waals surface area contributed by atoms with Crippen molar-refractivity contribution in [3.63, 3.8) is 0 Å². The van der Waals surface area contributed by atoms with E-state index in [-0.39, 0.29) is 6.10 Å². The van der Waals surface area contributed by atoms with Crippen molar-refractivity contribution in [1.82, 2.24) is 4.98 Å².